The van der Waals surface area contributed by atoms with Gasteiger partial charge in [-0.1, -0.05) is 0 Å². The number of hydrogen-bond acceptors (Lipinski definition) is 8. The Bertz CT molecular complexity index is 917. The molecule has 3 aromatic heterocycles. The molecule has 0 aliphatic carbocycles. The van der Waals surface area contributed by atoms with Gasteiger partial charge in [-0.3, -0.25) is 0 Å². The fourth-order valence-electron chi connectivity index (χ4n) is 3.71. The van der Waals surface area contributed by atoms with Crippen LogP contribution in [-0.2, 0) is 4.74 Å². The summed E-state index contributed by atoms with van der Waals surface area (Å²) >= 11 is 1.77. The number of hydrogen-bond donors (Lipinski definition) is 0. The summed E-state index contributed by atoms with van der Waals surface area (Å²) in [5.74, 6) is 2.92. The molecule has 0 bridgehead atoms. The van der Waals surface area contributed by atoms with E-state index in [0.29, 0.717) is 0 Å². The molecule has 0 amide bonds. The molecule has 27 heavy (non-hydrogen) atoms. The molecule has 0 radical (unpaired) electrons. The lowest BCUT2D eigenvalue weighted by Crippen LogP contribution is -2.47. The van der Waals surface area contributed by atoms with Gasteiger partial charge >= 0.3 is 0 Å². The Kier molecular flexibility index (Phi) is 4.51. The van der Waals surface area contributed by atoms with E-state index in [0.717, 1.165) is 70.1 Å². The zero-order valence-corrected chi connectivity index (χ0v) is 15.9. The number of fused-ring (bicyclic) bond motifs is 1. The highest BCUT2D eigenvalue weighted by molar-refractivity contribution is 7.17. The zero-order valence-electron chi connectivity index (χ0n) is 15.1. The summed E-state index contributed by atoms with van der Waals surface area (Å²) in [5, 5.41) is 3.40. The monoisotopic (exact) mass is 382 g/mol. The molecule has 5 heterocycles. The highest BCUT2D eigenvalue weighted by Gasteiger charge is 2.22. The standard InChI is InChI=1S/C19H22N6OS/c1-4-20-18(15-3-14-27-16(1)15)24-8-6-23(7-9-24)17-2-5-21-19(22-17)25-10-12-26-13-11-25/h1-5,14H,6-13H2. The maximum Gasteiger partial charge on any atom is 0.227 e. The summed E-state index contributed by atoms with van der Waals surface area (Å²) in [7, 11) is 0. The molecule has 5 rings (SSSR count). The van der Waals surface area contributed by atoms with E-state index in [9.17, 15) is 0 Å². The first kappa shape index (κ1) is 16.7. The van der Waals surface area contributed by atoms with Gasteiger partial charge in [-0.25, -0.2) is 9.97 Å². The summed E-state index contributed by atoms with van der Waals surface area (Å²) in [4.78, 5) is 20.8. The Morgan fingerprint density at radius 2 is 1.59 bits per heavy atom. The largest absolute Gasteiger partial charge is 0.378 e. The highest BCUT2D eigenvalue weighted by atomic mass is 32.1. The van der Waals surface area contributed by atoms with Gasteiger partial charge < -0.3 is 19.4 Å². The van der Waals surface area contributed by atoms with Crippen molar-refractivity contribution in [2.24, 2.45) is 0 Å². The van der Waals surface area contributed by atoms with Crippen molar-refractivity contribution in [3.05, 3.63) is 36.0 Å². The molecule has 2 saturated heterocycles. The van der Waals surface area contributed by atoms with E-state index in [2.05, 4.69) is 42.2 Å². The predicted octanol–water partition coefficient (Wildman–Crippen LogP) is 2.25. The molecule has 8 heteroatoms. The lowest BCUT2D eigenvalue weighted by Gasteiger charge is -2.36. The topological polar surface area (TPSA) is 57.6 Å². The molecule has 140 valence electrons. The van der Waals surface area contributed by atoms with Crippen LogP contribution in [0.25, 0.3) is 10.1 Å². The van der Waals surface area contributed by atoms with Gasteiger partial charge in [-0.15, -0.1) is 11.3 Å². The van der Waals surface area contributed by atoms with Crippen LogP contribution in [0.2, 0.25) is 0 Å². The van der Waals surface area contributed by atoms with E-state index >= 15 is 0 Å². The van der Waals surface area contributed by atoms with Crippen molar-refractivity contribution in [2.45, 2.75) is 0 Å². The van der Waals surface area contributed by atoms with E-state index in [-0.39, 0.29) is 0 Å². The first-order chi connectivity index (χ1) is 13.4. The fraction of sp³-hybridized carbons (Fsp3) is 0.421. The third-order valence-electron chi connectivity index (χ3n) is 5.18. The van der Waals surface area contributed by atoms with Crippen molar-refractivity contribution in [3.63, 3.8) is 0 Å². The molecule has 2 aliphatic rings. The second-order valence-electron chi connectivity index (χ2n) is 6.76. The van der Waals surface area contributed by atoms with Gasteiger partial charge in [-0.05, 0) is 23.6 Å². The van der Waals surface area contributed by atoms with E-state index in [1.807, 2.05) is 18.5 Å². The first-order valence-electron chi connectivity index (χ1n) is 9.36. The van der Waals surface area contributed by atoms with Crippen LogP contribution in [0.15, 0.2) is 36.0 Å². The summed E-state index contributed by atoms with van der Waals surface area (Å²) < 4.78 is 6.73. The summed E-state index contributed by atoms with van der Waals surface area (Å²) in [5.41, 5.74) is 0. The van der Waals surface area contributed by atoms with E-state index < -0.39 is 0 Å². The second kappa shape index (κ2) is 7.28. The van der Waals surface area contributed by atoms with Gasteiger partial charge in [0.2, 0.25) is 5.95 Å². The summed E-state index contributed by atoms with van der Waals surface area (Å²) in [6.45, 7) is 6.95. The van der Waals surface area contributed by atoms with Crippen LogP contribution in [0.4, 0.5) is 17.6 Å². The molecular formula is C19H22N6OS. The Labute approximate surface area is 162 Å². The molecule has 0 saturated carbocycles. The molecule has 0 unspecified atom stereocenters. The van der Waals surface area contributed by atoms with Crippen molar-refractivity contribution >= 4 is 39.0 Å². The number of aromatic nitrogens is 3. The Morgan fingerprint density at radius 1 is 0.815 bits per heavy atom. The quantitative estimate of drug-likeness (QED) is 0.689. The molecule has 2 aliphatic heterocycles. The minimum absolute atomic E-state index is 0.743. The third-order valence-corrected chi connectivity index (χ3v) is 6.07. The number of nitrogens with zero attached hydrogens (tertiary/aromatic N) is 6. The molecular weight excluding hydrogens is 360 g/mol. The van der Waals surface area contributed by atoms with Gasteiger partial charge in [0.25, 0.3) is 0 Å². The first-order valence-corrected chi connectivity index (χ1v) is 10.2. The minimum atomic E-state index is 0.743. The smallest absolute Gasteiger partial charge is 0.227 e. The highest BCUT2D eigenvalue weighted by Crippen LogP contribution is 2.29. The molecule has 7 nitrogen and oxygen atoms in total. The van der Waals surface area contributed by atoms with Gasteiger partial charge in [0.05, 0.1) is 13.2 Å². The maximum absolute atomic E-state index is 5.43. The van der Waals surface area contributed by atoms with Gasteiger partial charge in [0, 0.05) is 61.7 Å². The number of anilines is 3. The fourth-order valence-corrected chi connectivity index (χ4v) is 4.49. The van der Waals surface area contributed by atoms with Crippen molar-refractivity contribution in [3.8, 4) is 0 Å². The molecule has 0 N–H and O–H groups in total. The third kappa shape index (κ3) is 3.30. The lowest BCUT2D eigenvalue weighted by atomic mass is 10.2. The van der Waals surface area contributed by atoms with Crippen LogP contribution >= 0.6 is 11.3 Å². The number of pyridine rings is 1. The molecule has 3 aromatic rings. The number of thiophene rings is 1. The number of piperazine rings is 1. The van der Waals surface area contributed by atoms with Gasteiger partial charge in [-0.2, -0.15) is 4.98 Å². The van der Waals surface area contributed by atoms with Crippen molar-refractivity contribution in [2.75, 3.05) is 67.2 Å². The maximum atomic E-state index is 5.43. The van der Waals surface area contributed by atoms with Crippen molar-refractivity contribution in [1.82, 2.24) is 15.0 Å². The van der Waals surface area contributed by atoms with Gasteiger partial charge in [0.1, 0.15) is 11.6 Å². The van der Waals surface area contributed by atoms with Crippen LogP contribution in [0.3, 0.4) is 0 Å². The zero-order chi connectivity index (χ0) is 18.1. The van der Waals surface area contributed by atoms with Crippen LogP contribution in [0.5, 0.6) is 0 Å². The van der Waals surface area contributed by atoms with Gasteiger partial charge in [0.15, 0.2) is 0 Å². The second-order valence-corrected chi connectivity index (χ2v) is 7.70. The Balaban J connectivity index is 1.30. The lowest BCUT2D eigenvalue weighted by molar-refractivity contribution is 0.122. The van der Waals surface area contributed by atoms with Crippen LogP contribution in [-0.4, -0.2) is 67.4 Å². The predicted molar refractivity (Wildman–Crippen MR) is 109 cm³/mol. The molecule has 0 atom stereocenters. The van der Waals surface area contributed by atoms with Crippen molar-refractivity contribution in [1.29, 1.82) is 0 Å². The number of morpholine rings is 1. The van der Waals surface area contributed by atoms with Crippen LogP contribution in [0, 0.1) is 0 Å². The number of ether oxygens (including phenoxy) is 1. The Morgan fingerprint density at radius 3 is 2.44 bits per heavy atom. The molecule has 2 fully saturated rings. The molecule has 0 spiro atoms. The van der Waals surface area contributed by atoms with Crippen LogP contribution in [0.1, 0.15) is 0 Å². The Hall–Kier alpha value is -2.45. The van der Waals surface area contributed by atoms with E-state index in [1.54, 1.807) is 11.3 Å². The van der Waals surface area contributed by atoms with Crippen LogP contribution < -0.4 is 14.7 Å². The SMILES string of the molecule is c1cc(N2CCN(c3nccc4sccc34)CC2)nc(N2CCOCC2)n1. The average molecular weight is 382 g/mol. The summed E-state index contributed by atoms with van der Waals surface area (Å²) in [6.07, 6.45) is 3.78. The normalized spacial score (nSPS) is 18.3. The summed E-state index contributed by atoms with van der Waals surface area (Å²) in [6, 6.07) is 6.28. The number of rotatable bonds is 3. The van der Waals surface area contributed by atoms with Crippen molar-refractivity contribution < 1.29 is 4.74 Å². The van der Waals surface area contributed by atoms with E-state index in [4.69, 9.17) is 9.72 Å². The molecule has 0 aromatic carbocycles. The van der Waals surface area contributed by atoms with E-state index in [1.165, 1.54) is 10.1 Å². The minimum Gasteiger partial charge on any atom is -0.378 e. The average Bonchev–Trinajstić information content (AvgIpc) is 3.24.